The van der Waals surface area contributed by atoms with Crippen LogP contribution in [0.5, 0.6) is 11.5 Å². The minimum Gasteiger partial charge on any atom is -0.494 e. The first kappa shape index (κ1) is 35.4. The lowest BCUT2D eigenvalue weighted by atomic mass is 9.77. The molecule has 0 bridgehead atoms. The molecule has 6 heteroatoms. The zero-order valence-corrected chi connectivity index (χ0v) is 31.2. The van der Waals surface area contributed by atoms with E-state index in [-0.39, 0.29) is 5.78 Å². The number of fused-ring (bicyclic) bond motifs is 2. The maximum atomic E-state index is 13.7. The maximum absolute atomic E-state index is 13.7. The first-order valence-corrected chi connectivity index (χ1v) is 18.5. The molecule has 8 rings (SSSR count). The molecule has 7 aromatic carbocycles. The number of imidazole rings is 1. The van der Waals surface area contributed by atoms with E-state index in [2.05, 4.69) is 86.1 Å². The van der Waals surface area contributed by atoms with Crippen molar-refractivity contribution >= 4 is 43.3 Å². The van der Waals surface area contributed by atoms with E-state index >= 15 is 0 Å². The third kappa shape index (κ3) is 7.50. The molecule has 0 unspecified atom stereocenters. The number of benzene rings is 7. The molecule has 5 nitrogen and oxygen atoms in total. The zero-order valence-electron chi connectivity index (χ0n) is 29.7. The molecule has 0 atom stereocenters. The summed E-state index contributed by atoms with van der Waals surface area (Å²) < 4.78 is 14.2. The number of hydrogen-bond acceptors (Lipinski definition) is 4. The Morgan fingerprint density at radius 2 is 1.04 bits per heavy atom. The fourth-order valence-electron chi connectivity index (χ4n) is 6.83. The molecule has 0 radical (unpaired) electrons. The quantitative estimate of drug-likeness (QED) is 0.103. The number of halogens is 1. The number of rotatable bonds is 10. The summed E-state index contributed by atoms with van der Waals surface area (Å²) in [6.45, 7) is 5.28. The number of nitrogens with zero attached hydrogens (tertiary/aromatic N) is 2. The van der Waals surface area contributed by atoms with Gasteiger partial charge in [-0.25, -0.2) is 4.98 Å². The Labute approximate surface area is 318 Å². The van der Waals surface area contributed by atoms with Crippen LogP contribution in [0.4, 0.5) is 0 Å². The van der Waals surface area contributed by atoms with Crippen LogP contribution < -0.4 is 9.47 Å². The monoisotopic (exact) mass is 758 g/mol. The summed E-state index contributed by atoms with van der Waals surface area (Å²) in [4.78, 5) is 18.4. The van der Waals surface area contributed by atoms with Gasteiger partial charge in [0.05, 0.1) is 19.5 Å². The van der Waals surface area contributed by atoms with Crippen LogP contribution >= 0.6 is 15.9 Å². The second kappa shape index (κ2) is 16.1. The Morgan fingerprint density at radius 1 is 0.585 bits per heavy atom. The lowest BCUT2D eigenvalue weighted by Gasteiger charge is -2.37. The molecule has 0 amide bonds. The highest BCUT2D eigenvalue weighted by Crippen LogP contribution is 2.41. The molecule has 0 N–H and O–H groups in total. The van der Waals surface area contributed by atoms with Crippen molar-refractivity contribution in [1.82, 2.24) is 9.55 Å². The molecule has 8 aromatic rings. The molecule has 0 saturated carbocycles. The number of carbonyl (C=O) groups is 1. The van der Waals surface area contributed by atoms with E-state index in [0.717, 1.165) is 43.4 Å². The summed E-state index contributed by atoms with van der Waals surface area (Å²) in [5.41, 5.74) is 3.52. The number of hydrogen-bond donors (Lipinski definition) is 0. The van der Waals surface area contributed by atoms with Crippen molar-refractivity contribution in [3.05, 3.63) is 209 Å². The van der Waals surface area contributed by atoms with Gasteiger partial charge in [0.1, 0.15) is 22.7 Å². The Hall–Kier alpha value is -5.98. The average Bonchev–Trinajstić information content (AvgIpc) is 3.70. The summed E-state index contributed by atoms with van der Waals surface area (Å²) in [7, 11) is 0. The van der Waals surface area contributed by atoms with Gasteiger partial charge in [-0.2, -0.15) is 0 Å². The van der Waals surface area contributed by atoms with Crippen molar-refractivity contribution in [3.8, 4) is 11.5 Å². The number of ether oxygens (including phenoxy) is 2. The summed E-state index contributed by atoms with van der Waals surface area (Å²) in [5.74, 6) is 1.64. The largest absolute Gasteiger partial charge is 0.494 e. The van der Waals surface area contributed by atoms with Gasteiger partial charge in [-0.05, 0) is 94.5 Å². The predicted molar refractivity (Wildman–Crippen MR) is 218 cm³/mol. The fourth-order valence-corrected chi connectivity index (χ4v) is 7.21. The first-order chi connectivity index (χ1) is 26.0. The molecule has 0 fully saturated rings. The highest BCUT2D eigenvalue weighted by Gasteiger charge is 2.38. The summed E-state index contributed by atoms with van der Waals surface area (Å²) in [6.07, 6.45) is 3.65. The van der Waals surface area contributed by atoms with Crippen LogP contribution in [0.25, 0.3) is 21.5 Å². The molecule has 0 spiro atoms. The second-order valence-corrected chi connectivity index (χ2v) is 13.5. The first-order valence-electron chi connectivity index (χ1n) is 17.7. The van der Waals surface area contributed by atoms with E-state index in [1.54, 1.807) is 6.33 Å². The van der Waals surface area contributed by atoms with E-state index in [1.165, 1.54) is 10.8 Å². The van der Waals surface area contributed by atoms with Gasteiger partial charge >= 0.3 is 0 Å². The Morgan fingerprint density at radius 3 is 1.55 bits per heavy atom. The lowest BCUT2D eigenvalue weighted by molar-refractivity contribution is 0.103. The topological polar surface area (TPSA) is 53.4 Å². The molecular weight excluding hydrogens is 720 g/mol. The molecular formula is C47H39BrN2O3. The predicted octanol–water partition coefficient (Wildman–Crippen LogP) is 11.5. The standard InChI is InChI=1S/C35H28N2O2.C12H11BrO/c1-2-39-32-21-20-26-22-28(19-18-27(26)23-32)34(38)33-24-37(25-36-33)35(29-12-6-3-7-13-29,30-14-8-4-9-15-30)31-16-10-5-11-17-31;1-2-14-12-6-4-9-7-11(13)5-3-10(9)8-12/h3-25H,2H2,1H3;3-8H,2H2,1H3. The highest BCUT2D eigenvalue weighted by molar-refractivity contribution is 9.10. The molecule has 0 aliphatic carbocycles. The smallest absolute Gasteiger partial charge is 0.212 e. The van der Waals surface area contributed by atoms with Gasteiger partial charge in [0.25, 0.3) is 0 Å². The van der Waals surface area contributed by atoms with Gasteiger partial charge in [0, 0.05) is 16.2 Å². The molecule has 1 heterocycles. The third-order valence-corrected chi connectivity index (χ3v) is 9.74. The Kier molecular flexibility index (Phi) is 10.8. The van der Waals surface area contributed by atoms with Crippen molar-refractivity contribution in [2.45, 2.75) is 19.4 Å². The second-order valence-electron chi connectivity index (χ2n) is 12.5. The molecule has 262 valence electrons. The molecule has 53 heavy (non-hydrogen) atoms. The Bertz CT molecular complexity index is 2370. The van der Waals surface area contributed by atoms with Crippen LogP contribution in [0.15, 0.2) is 181 Å². The Balaban J connectivity index is 0.000000260. The van der Waals surface area contributed by atoms with E-state index in [1.807, 2.05) is 123 Å². The van der Waals surface area contributed by atoms with Crippen LogP contribution in [-0.2, 0) is 5.54 Å². The molecule has 1 aromatic heterocycles. The minimum atomic E-state index is -0.714. The van der Waals surface area contributed by atoms with Crippen molar-refractivity contribution in [2.75, 3.05) is 13.2 Å². The van der Waals surface area contributed by atoms with E-state index < -0.39 is 5.54 Å². The molecule has 0 aliphatic rings. The fraction of sp³-hybridized carbons (Fsp3) is 0.106. The van der Waals surface area contributed by atoms with Gasteiger partial charge < -0.3 is 14.0 Å². The van der Waals surface area contributed by atoms with Crippen molar-refractivity contribution in [2.24, 2.45) is 0 Å². The zero-order chi connectivity index (χ0) is 36.6. The minimum absolute atomic E-state index is 0.118. The average molecular weight is 760 g/mol. The van der Waals surface area contributed by atoms with Crippen molar-refractivity contribution < 1.29 is 14.3 Å². The number of carbonyl (C=O) groups excluding carboxylic acids is 1. The summed E-state index contributed by atoms with van der Waals surface area (Å²) in [6, 6.07) is 55.1. The van der Waals surface area contributed by atoms with Gasteiger partial charge in [0.15, 0.2) is 0 Å². The third-order valence-electron chi connectivity index (χ3n) is 9.25. The summed E-state index contributed by atoms with van der Waals surface area (Å²) >= 11 is 3.45. The highest BCUT2D eigenvalue weighted by atomic mass is 79.9. The summed E-state index contributed by atoms with van der Waals surface area (Å²) in [5, 5.41) is 4.44. The van der Waals surface area contributed by atoms with E-state index in [4.69, 9.17) is 9.47 Å². The van der Waals surface area contributed by atoms with Crippen LogP contribution in [0.2, 0.25) is 0 Å². The van der Waals surface area contributed by atoms with Crippen LogP contribution in [0, 0.1) is 0 Å². The number of ketones is 1. The van der Waals surface area contributed by atoms with Gasteiger partial charge in [0.2, 0.25) is 5.78 Å². The van der Waals surface area contributed by atoms with E-state index in [9.17, 15) is 4.79 Å². The SMILES string of the molecule is CCOc1ccc2cc(Br)ccc2c1.CCOc1ccc2cc(C(=O)c3cn(C(c4ccccc4)(c4ccccc4)c4ccccc4)cn3)ccc2c1. The van der Waals surface area contributed by atoms with E-state index in [0.29, 0.717) is 24.5 Å². The van der Waals surface area contributed by atoms with Crippen LogP contribution in [-0.4, -0.2) is 28.5 Å². The number of aromatic nitrogens is 2. The van der Waals surface area contributed by atoms with Crippen LogP contribution in [0.3, 0.4) is 0 Å². The maximum Gasteiger partial charge on any atom is 0.212 e. The normalized spacial score (nSPS) is 11.2. The molecule has 0 saturated heterocycles. The molecule has 0 aliphatic heterocycles. The van der Waals surface area contributed by atoms with Gasteiger partial charge in [-0.15, -0.1) is 0 Å². The van der Waals surface area contributed by atoms with Gasteiger partial charge in [-0.3, -0.25) is 4.79 Å². The van der Waals surface area contributed by atoms with Crippen molar-refractivity contribution in [3.63, 3.8) is 0 Å². The lowest BCUT2D eigenvalue weighted by Crippen LogP contribution is -2.37. The van der Waals surface area contributed by atoms with Crippen molar-refractivity contribution in [1.29, 1.82) is 0 Å². The van der Waals surface area contributed by atoms with Crippen LogP contribution in [0.1, 0.15) is 46.6 Å². The van der Waals surface area contributed by atoms with Gasteiger partial charge in [-0.1, -0.05) is 137 Å².